The zero-order valence-electron chi connectivity index (χ0n) is 12.7. The molecule has 4 nitrogen and oxygen atoms in total. The van der Waals surface area contributed by atoms with Gasteiger partial charge in [0.2, 0.25) is 5.91 Å². The fraction of sp³-hybridized carbons (Fsp3) is 0.375. The van der Waals surface area contributed by atoms with Crippen molar-refractivity contribution in [3.63, 3.8) is 0 Å². The van der Waals surface area contributed by atoms with Crippen molar-refractivity contribution >= 4 is 51.6 Å². The fourth-order valence-corrected chi connectivity index (χ4v) is 5.24. The molecule has 7 heteroatoms. The molecule has 0 unspecified atom stereocenters. The number of nitrogens with one attached hydrogen (secondary N) is 1. The normalized spacial score (nSPS) is 16.2. The fourth-order valence-electron chi connectivity index (χ4n) is 2.03. The lowest BCUT2D eigenvalue weighted by atomic mass is 10.2. The van der Waals surface area contributed by atoms with E-state index in [1.165, 1.54) is 0 Å². The van der Waals surface area contributed by atoms with Crippen LogP contribution in [0.5, 0.6) is 5.75 Å². The molecule has 0 bridgehead atoms. The summed E-state index contributed by atoms with van der Waals surface area (Å²) in [5.74, 6) is 5.13. The summed E-state index contributed by atoms with van der Waals surface area (Å²) < 4.78 is 6.30. The average Bonchev–Trinajstić information content (AvgIpc) is 2.92. The summed E-state index contributed by atoms with van der Waals surface area (Å²) in [6, 6.07) is 5.51. The molecule has 0 spiro atoms. The summed E-state index contributed by atoms with van der Waals surface area (Å²) in [4.78, 5) is 12.0. The molecule has 1 aromatic carbocycles. The Hall–Kier alpha value is -1.10. The van der Waals surface area contributed by atoms with Gasteiger partial charge in [-0.1, -0.05) is 21.9 Å². The summed E-state index contributed by atoms with van der Waals surface area (Å²) >= 11 is 7.04. The Morgan fingerprint density at radius 3 is 3.00 bits per heavy atom. The summed E-state index contributed by atoms with van der Waals surface area (Å²) in [5.41, 5.74) is 3.32. The van der Waals surface area contributed by atoms with Gasteiger partial charge in [-0.2, -0.15) is 5.10 Å². The number of halogens is 1. The van der Waals surface area contributed by atoms with Crippen molar-refractivity contribution in [3.8, 4) is 18.1 Å². The molecule has 2 rings (SSSR count). The highest BCUT2D eigenvalue weighted by Gasteiger charge is 2.32. The second-order valence-corrected chi connectivity index (χ2v) is 9.35. The number of thioether (sulfide) groups is 2. The average molecular weight is 413 g/mol. The molecule has 0 saturated carbocycles. The van der Waals surface area contributed by atoms with Crippen molar-refractivity contribution < 1.29 is 9.53 Å². The van der Waals surface area contributed by atoms with E-state index in [9.17, 15) is 4.79 Å². The number of ether oxygens (including phenoxy) is 1. The zero-order chi connectivity index (χ0) is 16.7. The minimum atomic E-state index is -0.0910. The van der Waals surface area contributed by atoms with Crippen LogP contribution in [0.1, 0.15) is 18.9 Å². The van der Waals surface area contributed by atoms with Crippen LogP contribution in [0.15, 0.2) is 27.8 Å². The third-order valence-corrected chi connectivity index (χ3v) is 6.84. The molecule has 1 fully saturated rings. The third-order valence-electron chi connectivity index (χ3n) is 3.06. The molecule has 1 saturated heterocycles. The highest BCUT2D eigenvalue weighted by Crippen LogP contribution is 2.45. The van der Waals surface area contributed by atoms with Gasteiger partial charge in [-0.25, -0.2) is 5.43 Å². The van der Waals surface area contributed by atoms with E-state index in [1.807, 2.05) is 35.7 Å². The van der Waals surface area contributed by atoms with Crippen LogP contribution in [0.25, 0.3) is 0 Å². The van der Waals surface area contributed by atoms with Crippen LogP contribution >= 0.6 is 39.5 Å². The quantitative estimate of drug-likeness (QED) is 0.441. The van der Waals surface area contributed by atoms with Crippen LogP contribution in [0, 0.1) is 12.3 Å². The Balaban J connectivity index is 1.95. The molecule has 1 aliphatic rings. The Kier molecular flexibility index (Phi) is 6.88. The number of nitrogens with zero attached hydrogens (tertiary/aromatic N) is 1. The van der Waals surface area contributed by atoms with E-state index >= 15 is 0 Å². The van der Waals surface area contributed by atoms with Gasteiger partial charge in [0.05, 0.1) is 16.7 Å². The molecule has 1 amide bonds. The monoisotopic (exact) mass is 412 g/mol. The number of hydrogen-bond acceptors (Lipinski definition) is 5. The molecule has 1 aliphatic heterocycles. The van der Waals surface area contributed by atoms with Crippen LogP contribution in [0.4, 0.5) is 0 Å². The maximum Gasteiger partial charge on any atom is 0.242 e. The number of hydrogen-bond donors (Lipinski definition) is 1. The molecule has 0 radical (unpaired) electrons. The van der Waals surface area contributed by atoms with Crippen LogP contribution in [-0.4, -0.2) is 34.3 Å². The highest BCUT2D eigenvalue weighted by molar-refractivity contribution is 9.10. The van der Waals surface area contributed by atoms with Gasteiger partial charge in [0.15, 0.2) is 0 Å². The smallest absolute Gasteiger partial charge is 0.242 e. The predicted molar refractivity (Wildman–Crippen MR) is 102 cm³/mol. The van der Waals surface area contributed by atoms with Crippen molar-refractivity contribution in [2.24, 2.45) is 5.10 Å². The first-order valence-corrected chi connectivity index (χ1v) is 9.74. The predicted octanol–water partition coefficient (Wildman–Crippen LogP) is 3.50. The minimum Gasteiger partial charge on any atom is -0.480 e. The second-order valence-electron chi connectivity index (χ2n) is 4.98. The molecular formula is C16H17BrN2O2S2. The van der Waals surface area contributed by atoms with Crippen LogP contribution in [-0.2, 0) is 4.79 Å². The summed E-state index contributed by atoms with van der Waals surface area (Å²) in [6.07, 6.45) is 7.21. The zero-order valence-corrected chi connectivity index (χ0v) is 15.9. The van der Waals surface area contributed by atoms with E-state index in [-0.39, 0.29) is 16.6 Å². The molecule has 1 aromatic rings. The first-order chi connectivity index (χ1) is 11.0. The number of rotatable bonds is 6. The third kappa shape index (κ3) is 5.79. The summed E-state index contributed by atoms with van der Waals surface area (Å²) in [7, 11) is 0. The molecular weight excluding hydrogens is 396 g/mol. The first kappa shape index (κ1) is 18.2. The van der Waals surface area contributed by atoms with Gasteiger partial charge in [0.1, 0.15) is 12.4 Å². The highest BCUT2D eigenvalue weighted by atomic mass is 79.9. The maximum atomic E-state index is 12.0. The van der Waals surface area contributed by atoms with Crippen LogP contribution in [0.2, 0.25) is 0 Å². The molecule has 1 heterocycles. The van der Waals surface area contributed by atoms with Crippen LogP contribution < -0.4 is 10.2 Å². The molecule has 1 N–H and O–H groups in total. The SMILES string of the molecule is C#CCOc1ccc(Br)cc1/C=N/NC(=O)CC1(C)SCCS1. The van der Waals surface area contributed by atoms with Crippen molar-refractivity contribution in [2.75, 3.05) is 18.1 Å². The lowest BCUT2D eigenvalue weighted by Gasteiger charge is -2.19. The summed E-state index contributed by atoms with van der Waals surface area (Å²) in [5, 5.41) is 4.03. The second kappa shape index (κ2) is 8.67. The van der Waals surface area contributed by atoms with Gasteiger partial charge in [0.25, 0.3) is 0 Å². The topological polar surface area (TPSA) is 50.7 Å². The first-order valence-electron chi connectivity index (χ1n) is 6.98. The Morgan fingerprint density at radius 2 is 2.30 bits per heavy atom. The van der Waals surface area contributed by atoms with E-state index in [4.69, 9.17) is 11.2 Å². The molecule has 0 atom stereocenters. The molecule has 0 aromatic heterocycles. The Labute approximate surface area is 153 Å². The number of carbonyl (C=O) groups excluding carboxylic acids is 1. The van der Waals surface area contributed by atoms with Crippen molar-refractivity contribution in [1.29, 1.82) is 0 Å². The maximum absolute atomic E-state index is 12.0. The van der Waals surface area contributed by atoms with Gasteiger partial charge in [-0.15, -0.1) is 29.9 Å². The molecule has 23 heavy (non-hydrogen) atoms. The van der Waals surface area contributed by atoms with Gasteiger partial charge < -0.3 is 4.74 Å². The van der Waals surface area contributed by atoms with E-state index in [0.717, 1.165) is 21.5 Å². The van der Waals surface area contributed by atoms with Crippen LogP contribution in [0.3, 0.4) is 0 Å². The van der Waals surface area contributed by atoms with E-state index < -0.39 is 0 Å². The number of benzene rings is 1. The van der Waals surface area contributed by atoms with E-state index in [0.29, 0.717) is 12.2 Å². The Morgan fingerprint density at radius 1 is 1.57 bits per heavy atom. The van der Waals surface area contributed by atoms with Gasteiger partial charge in [0, 0.05) is 21.5 Å². The number of carbonyl (C=O) groups is 1. The van der Waals surface area contributed by atoms with E-state index in [2.05, 4.69) is 39.3 Å². The van der Waals surface area contributed by atoms with Crippen molar-refractivity contribution in [3.05, 3.63) is 28.2 Å². The van der Waals surface area contributed by atoms with Gasteiger partial charge in [-0.05, 0) is 25.1 Å². The molecule has 122 valence electrons. The van der Waals surface area contributed by atoms with E-state index in [1.54, 1.807) is 12.3 Å². The number of hydrazone groups is 1. The van der Waals surface area contributed by atoms with Crippen molar-refractivity contribution in [1.82, 2.24) is 5.43 Å². The minimum absolute atomic E-state index is 0.0452. The van der Waals surface area contributed by atoms with Gasteiger partial charge >= 0.3 is 0 Å². The lowest BCUT2D eigenvalue weighted by Crippen LogP contribution is -2.26. The lowest BCUT2D eigenvalue weighted by molar-refractivity contribution is -0.121. The number of terminal acetylenes is 1. The van der Waals surface area contributed by atoms with Crippen molar-refractivity contribution in [2.45, 2.75) is 17.4 Å². The molecule has 0 aliphatic carbocycles. The Bertz CT molecular complexity index is 637. The largest absolute Gasteiger partial charge is 0.480 e. The van der Waals surface area contributed by atoms with Gasteiger partial charge in [-0.3, -0.25) is 4.79 Å². The number of amides is 1. The standard InChI is InChI=1S/C16H17BrN2O2S2/c1-3-6-21-14-5-4-13(17)9-12(14)11-18-19-15(20)10-16(2)22-7-8-23-16/h1,4-5,9,11H,6-8,10H2,2H3,(H,19,20)/b18-11+. The summed E-state index contributed by atoms with van der Waals surface area (Å²) in [6.45, 7) is 2.28.